The molecule has 1 aromatic heterocycles. The first-order chi connectivity index (χ1) is 14.0. The largest absolute Gasteiger partial charge is 0.347 e. The maximum absolute atomic E-state index is 12.9. The fraction of sp³-hybridized carbons (Fsp3) is 0.348. The summed E-state index contributed by atoms with van der Waals surface area (Å²) in [6.07, 6.45) is 5.60. The molecule has 0 saturated heterocycles. The molecule has 6 heteroatoms. The number of rotatable bonds is 4. The maximum atomic E-state index is 12.9. The van der Waals surface area contributed by atoms with Crippen LogP contribution in [0.25, 0.3) is 17.1 Å². The van der Waals surface area contributed by atoms with Crippen molar-refractivity contribution >= 4 is 17.5 Å². The predicted molar refractivity (Wildman–Crippen MR) is 116 cm³/mol. The number of aryl methyl sites for hydroxylation is 2. The van der Waals surface area contributed by atoms with Crippen LogP contribution in [0.15, 0.2) is 42.5 Å². The highest BCUT2D eigenvalue weighted by Crippen LogP contribution is 2.25. The van der Waals surface area contributed by atoms with Gasteiger partial charge in [0.15, 0.2) is 5.82 Å². The lowest BCUT2D eigenvalue weighted by molar-refractivity contribution is 0.0917. The molecule has 29 heavy (non-hydrogen) atoms. The molecule has 0 spiro atoms. The van der Waals surface area contributed by atoms with Crippen molar-refractivity contribution < 1.29 is 4.79 Å². The number of carbonyl (C=O) groups excluding carboxylic acids is 1. The molecule has 3 aromatic rings. The van der Waals surface area contributed by atoms with Crippen LogP contribution < -0.4 is 5.32 Å². The first-order valence-electron chi connectivity index (χ1n) is 10.1. The minimum atomic E-state index is -0.212. The van der Waals surface area contributed by atoms with Gasteiger partial charge in [-0.05, 0) is 68.1 Å². The van der Waals surface area contributed by atoms with Crippen molar-refractivity contribution in [2.24, 2.45) is 0 Å². The number of nitrogens with zero attached hydrogens (tertiary/aromatic N) is 3. The summed E-state index contributed by atoms with van der Waals surface area (Å²) in [6, 6.07) is 13.8. The van der Waals surface area contributed by atoms with Gasteiger partial charge >= 0.3 is 0 Å². The first-order valence-corrected chi connectivity index (χ1v) is 10.5. The third kappa shape index (κ3) is 4.35. The standard InChI is InChI=1S/C23H25ClN4O/c1-15-8-9-16(2)20(14-15)28-22(17-10-12-18(24)13-11-17)26-21(27-28)23(29)25-19-6-4-3-5-7-19/h8-14,19H,3-7H2,1-2H3,(H,25,29). The lowest BCUT2D eigenvalue weighted by atomic mass is 9.95. The summed E-state index contributed by atoms with van der Waals surface area (Å²) >= 11 is 6.06. The Morgan fingerprint density at radius 3 is 2.52 bits per heavy atom. The number of amides is 1. The Labute approximate surface area is 176 Å². The number of nitrogens with one attached hydrogen (secondary N) is 1. The van der Waals surface area contributed by atoms with Crippen molar-refractivity contribution in [3.8, 4) is 17.1 Å². The lowest BCUT2D eigenvalue weighted by Gasteiger charge is -2.21. The second kappa shape index (κ2) is 8.37. The molecule has 1 aliphatic carbocycles. The zero-order valence-corrected chi connectivity index (χ0v) is 17.5. The Morgan fingerprint density at radius 1 is 1.07 bits per heavy atom. The fourth-order valence-corrected chi connectivity index (χ4v) is 3.93. The van der Waals surface area contributed by atoms with Crippen molar-refractivity contribution in [2.75, 3.05) is 0 Å². The van der Waals surface area contributed by atoms with E-state index in [1.807, 2.05) is 38.1 Å². The van der Waals surface area contributed by atoms with Crippen LogP contribution in [0.3, 0.4) is 0 Å². The van der Waals surface area contributed by atoms with Crippen LogP contribution in [-0.2, 0) is 0 Å². The number of benzene rings is 2. The van der Waals surface area contributed by atoms with E-state index in [2.05, 4.69) is 33.6 Å². The van der Waals surface area contributed by atoms with Crippen molar-refractivity contribution in [1.29, 1.82) is 0 Å². The Morgan fingerprint density at radius 2 is 1.79 bits per heavy atom. The molecule has 4 rings (SSSR count). The minimum Gasteiger partial charge on any atom is -0.347 e. The van der Waals surface area contributed by atoms with Gasteiger partial charge in [0.1, 0.15) is 0 Å². The van der Waals surface area contributed by atoms with E-state index >= 15 is 0 Å². The van der Waals surface area contributed by atoms with E-state index < -0.39 is 0 Å². The summed E-state index contributed by atoms with van der Waals surface area (Å²) in [4.78, 5) is 17.5. The molecule has 0 atom stereocenters. The van der Waals surface area contributed by atoms with Gasteiger partial charge in [-0.3, -0.25) is 4.79 Å². The van der Waals surface area contributed by atoms with Gasteiger partial charge in [0.05, 0.1) is 5.69 Å². The second-order valence-corrected chi connectivity index (χ2v) is 8.21. The highest BCUT2D eigenvalue weighted by Gasteiger charge is 2.23. The number of hydrogen-bond donors (Lipinski definition) is 1. The van der Waals surface area contributed by atoms with Gasteiger partial charge < -0.3 is 5.32 Å². The van der Waals surface area contributed by atoms with E-state index in [9.17, 15) is 4.79 Å². The molecule has 1 N–H and O–H groups in total. The molecule has 1 amide bonds. The van der Waals surface area contributed by atoms with Gasteiger partial charge in [0, 0.05) is 16.6 Å². The molecular weight excluding hydrogens is 384 g/mol. The molecule has 1 heterocycles. The Balaban J connectivity index is 1.75. The van der Waals surface area contributed by atoms with Crippen LogP contribution in [-0.4, -0.2) is 26.7 Å². The maximum Gasteiger partial charge on any atom is 0.291 e. The van der Waals surface area contributed by atoms with Crippen molar-refractivity contribution in [3.63, 3.8) is 0 Å². The molecule has 1 aliphatic rings. The van der Waals surface area contributed by atoms with E-state index in [0.29, 0.717) is 10.8 Å². The van der Waals surface area contributed by atoms with Crippen LogP contribution in [0.1, 0.15) is 53.8 Å². The van der Waals surface area contributed by atoms with Gasteiger partial charge in [-0.15, -0.1) is 5.10 Å². The second-order valence-electron chi connectivity index (χ2n) is 7.78. The Kier molecular flexibility index (Phi) is 5.67. The molecular formula is C23H25ClN4O. The summed E-state index contributed by atoms with van der Waals surface area (Å²) in [5, 5.41) is 8.38. The molecule has 0 unspecified atom stereocenters. The van der Waals surface area contributed by atoms with Gasteiger partial charge in [0.2, 0.25) is 5.82 Å². The molecule has 5 nitrogen and oxygen atoms in total. The molecule has 2 aromatic carbocycles. The van der Waals surface area contributed by atoms with Crippen LogP contribution >= 0.6 is 11.6 Å². The number of hydrogen-bond acceptors (Lipinski definition) is 3. The van der Waals surface area contributed by atoms with Gasteiger partial charge in [0.25, 0.3) is 5.91 Å². The summed E-state index contributed by atoms with van der Waals surface area (Å²) in [6.45, 7) is 4.07. The van der Waals surface area contributed by atoms with Crippen molar-refractivity contribution in [3.05, 3.63) is 64.4 Å². The highest BCUT2D eigenvalue weighted by molar-refractivity contribution is 6.30. The molecule has 0 aliphatic heterocycles. The van der Waals surface area contributed by atoms with Crippen molar-refractivity contribution in [1.82, 2.24) is 20.1 Å². The third-order valence-corrected chi connectivity index (χ3v) is 5.70. The molecule has 0 bridgehead atoms. The summed E-state index contributed by atoms with van der Waals surface area (Å²) in [7, 11) is 0. The quantitative estimate of drug-likeness (QED) is 0.639. The van der Waals surface area contributed by atoms with Crippen LogP contribution in [0, 0.1) is 13.8 Å². The number of carbonyl (C=O) groups is 1. The average Bonchev–Trinajstić information content (AvgIpc) is 3.16. The fourth-order valence-electron chi connectivity index (χ4n) is 3.81. The van der Waals surface area contributed by atoms with E-state index in [4.69, 9.17) is 11.6 Å². The molecule has 150 valence electrons. The number of aromatic nitrogens is 3. The SMILES string of the molecule is Cc1ccc(C)c(-n2nc(C(=O)NC3CCCCC3)nc2-c2ccc(Cl)cc2)c1. The van der Waals surface area contributed by atoms with Crippen LogP contribution in [0.4, 0.5) is 0 Å². The normalized spacial score (nSPS) is 14.7. The first kappa shape index (κ1) is 19.6. The molecule has 0 radical (unpaired) electrons. The predicted octanol–water partition coefficient (Wildman–Crippen LogP) is 5.27. The van der Waals surface area contributed by atoms with Gasteiger partial charge in [-0.2, -0.15) is 0 Å². The minimum absolute atomic E-state index is 0.196. The zero-order valence-electron chi connectivity index (χ0n) is 16.8. The monoisotopic (exact) mass is 408 g/mol. The van der Waals surface area contributed by atoms with Crippen LogP contribution in [0.2, 0.25) is 5.02 Å². The van der Waals surface area contributed by atoms with E-state index in [1.165, 1.54) is 6.42 Å². The molecule has 1 saturated carbocycles. The molecule has 1 fully saturated rings. The van der Waals surface area contributed by atoms with E-state index in [1.54, 1.807) is 4.68 Å². The lowest BCUT2D eigenvalue weighted by Crippen LogP contribution is -2.36. The van der Waals surface area contributed by atoms with Crippen molar-refractivity contribution in [2.45, 2.75) is 52.0 Å². The van der Waals surface area contributed by atoms with E-state index in [0.717, 1.165) is 48.1 Å². The third-order valence-electron chi connectivity index (χ3n) is 5.45. The highest BCUT2D eigenvalue weighted by atomic mass is 35.5. The average molecular weight is 409 g/mol. The Hall–Kier alpha value is -2.66. The van der Waals surface area contributed by atoms with Gasteiger partial charge in [-0.1, -0.05) is 43.0 Å². The topological polar surface area (TPSA) is 59.8 Å². The summed E-state index contributed by atoms with van der Waals surface area (Å²) < 4.78 is 1.77. The Bertz CT molecular complexity index is 1020. The van der Waals surface area contributed by atoms with E-state index in [-0.39, 0.29) is 17.8 Å². The zero-order chi connectivity index (χ0) is 20.4. The number of halogens is 1. The smallest absolute Gasteiger partial charge is 0.291 e. The van der Waals surface area contributed by atoms with Crippen LogP contribution in [0.5, 0.6) is 0 Å². The van der Waals surface area contributed by atoms with Gasteiger partial charge in [-0.25, -0.2) is 9.67 Å². The summed E-state index contributed by atoms with van der Waals surface area (Å²) in [5.74, 6) is 0.613. The summed E-state index contributed by atoms with van der Waals surface area (Å²) in [5.41, 5.74) is 3.96.